The highest BCUT2D eigenvalue weighted by atomic mass is 16.6. The third-order valence-corrected chi connectivity index (χ3v) is 2.45. The largest absolute Gasteiger partial charge is 0.376 e. The Balaban J connectivity index is 2.67. The molecule has 0 N–H and O–H groups in total. The average Bonchev–Trinajstić information content (AvgIpc) is 2.84. The molecule has 0 unspecified atom stereocenters. The van der Waals surface area contributed by atoms with E-state index < -0.39 is 0 Å². The van der Waals surface area contributed by atoms with Crippen molar-refractivity contribution in [2.45, 2.75) is 0 Å². The van der Waals surface area contributed by atoms with Crippen LogP contribution < -0.4 is 4.90 Å². The van der Waals surface area contributed by atoms with E-state index >= 15 is 0 Å². The molecule has 1 aromatic carbocycles. The molecule has 88 valence electrons. The van der Waals surface area contributed by atoms with Crippen LogP contribution in [0.15, 0.2) is 22.3 Å². The molecule has 0 fully saturated rings. The summed E-state index contributed by atoms with van der Waals surface area (Å²) in [6, 6.07) is 7.22. The predicted octanol–water partition coefficient (Wildman–Crippen LogP) is 1.72. The van der Waals surface area contributed by atoms with Crippen LogP contribution in [0.3, 0.4) is 0 Å². The standard InChI is InChI=1S/C12H9N5O/c1-17(2)10-4-3-9(5-8(6-13)7-14)11-12(10)16-18-15-11/h3-5H,1-2H3. The molecule has 2 rings (SSSR count). The highest BCUT2D eigenvalue weighted by Crippen LogP contribution is 2.26. The van der Waals surface area contributed by atoms with Crippen molar-refractivity contribution in [3.8, 4) is 12.1 Å². The molecule has 0 radical (unpaired) electrons. The van der Waals surface area contributed by atoms with Crippen molar-refractivity contribution in [1.29, 1.82) is 10.5 Å². The van der Waals surface area contributed by atoms with Gasteiger partial charge in [0, 0.05) is 19.7 Å². The van der Waals surface area contributed by atoms with E-state index in [1.807, 2.05) is 25.1 Å². The van der Waals surface area contributed by atoms with Gasteiger partial charge >= 0.3 is 0 Å². The number of nitrogens with zero attached hydrogens (tertiary/aromatic N) is 5. The van der Waals surface area contributed by atoms with Gasteiger partial charge in [-0.25, -0.2) is 4.63 Å². The number of fused-ring (bicyclic) bond motifs is 1. The van der Waals surface area contributed by atoms with Crippen LogP contribution in [0.5, 0.6) is 0 Å². The number of benzene rings is 1. The van der Waals surface area contributed by atoms with Crippen molar-refractivity contribution in [2.24, 2.45) is 0 Å². The molecule has 0 aliphatic heterocycles. The molecule has 2 aromatic rings. The van der Waals surface area contributed by atoms with Crippen LogP contribution in [0.4, 0.5) is 5.69 Å². The van der Waals surface area contributed by atoms with E-state index in [0.29, 0.717) is 16.6 Å². The lowest BCUT2D eigenvalue weighted by Crippen LogP contribution is -2.09. The highest BCUT2D eigenvalue weighted by molar-refractivity contribution is 5.94. The zero-order valence-electron chi connectivity index (χ0n) is 9.88. The first kappa shape index (κ1) is 11.6. The second-order valence-corrected chi connectivity index (χ2v) is 3.81. The Labute approximate surface area is 103 Å². The number of anilines is 1. The molecule has 1 aromatic heterocycles. The zero-order valence-corrected chi connectivity index (χ0v) is 9.88. The molecule has 0 spiro atoms. The summed E-state index contributed by atoms with van der Waals surface area (Å²) < 4.78 is 4.72. The molecule has 6 nitrogen and oxygen atoms in total. The van der Waals surface area contributed by atoms with Gasteiger partial charge < -0.3 is 4.90 Å². The van der Waals surface area contributed by atoms with Crippen molar-refractivity contribution >= 4 is 22.8 Å². The molecule has 6 heteroatoms. The van der Waals surface area contributed by atoms with E-state index in [0.717, 1.165) is 5.69 Å². The van der Waals surface area contributed by atoms with E-state index in [1.165, 1.54) is 6.08 Å². The Kier molecular flexibility index (Phi) is 2.94. The Bertz CT molecular complexity index is 683. The minimum atomic E-state index is 0.0110. The minimum Gasteiger partial charge on any atom is -0.376 e. The second-order valence-electron chi connectivity index (χ2n) is 3.81. The smallest absolute Gasteiger partial charge is 0.159 e. The maximum atomic E-state index is 8.74. The number of hydrogen-bond acceptors (Lipinski definition) is 6. The molecule has 0 bridgehead atoms. The van der Waals surface area contributed by atoms with Gasteiger partial charge in [0.2, 0.25) is 0 Å². The number of rotatable bonds is 2. The summed E-state index contributed by atoms with van der Waals surface area (Å²) >= 11 is 0. The lowest BCUT2D eigenvalue weighted by atomic mass is 10.1. The van der Waals surface area contributed by atoms with Gasteiger partial charge in [-0.15, -0.1) is 0 Å². The number of allylic oxidation sites excluding steroid dienone is 1. The van der Waals surface area contributed by atoms with Crippen molar-refractivity contribution in [1.82, 2.24) is 10.3 Å². The van der Waals surface area contributed by atoms with Gasteiger partial charge in [-0.05, 0) is 22.5 Å². The van der Waals surface area contributed by atoms with Crippen LogP contribution in [0, 0.1) is 22.7 Å². The molecule has 18 heavy (non-hydrogen) atoms. The fourth-order valence-electron chi connectivity index (χ4n) is 1.60. The minimum absolute atomic E-state index is 0.0110. The van der Waals surface area contributed by atoms with Crippen LogP contribution in [0.2, 0.25) is 0 Å². The molecule has 0 saturated carbocycles. The van der Waals surface area contributed by atoms with Gasteiger partial charge in [0.1, 0.15) is 23.2 Å². The van der Waals surface area contributed by atoms with Gasteiger partial charge in [-0.2, -0.15) is 10.5 Å². The quantitative estimate of drug-likeness (QED) is 0.741. The second kappa shape index (κ2) is 4.56. The fourth-order valence-corrected chi connectivity index (χ4v) is 1.60. The lowest BCUT2D eigenvalue weighted by Gasteiger charge is -2.12. The number of aromatic nitrogens is 2. The molecule has 0 amide bonds. The van der Waals surface area contributed by atoms with E-state index in [9.17, 15) is 0 Å². The van der Waals surface area contributed by atoms with E-state index in [-0.39, 0.29) is 5.57 Å². The maximum absolute atomic E-state index is 8.74. The van der Waals surface area contributed by atoms with Gasteiger partial charge in [0.25, 0.3) is 0 Å². The number of nitriles is 2. The Hall–Kier alpha value is -2.86. The van der Waals surface area contributed by atoms with Crippen LogP contribution in [-0.4, -0.2) is 24.4 Å². The van der Waals surface area contributed by atoms with E-state index in [2.05, 4.69) is 10.3 Å². The van der Waals surface area contributed by atoms with Crippen LogP contribution in [0.25, 0.3) is 17.1 Å². The zero-order chi connectivity index (χ0) is 13.1. The highest BCUT2D eigenvalue weighted by Gasteiger charge is 2.12. The van der Waals surface area contributed by atoms with Gasteiger partial charge in [-0.1, -0.05) is 6.07 Å². The fraction of sp³-hybridized carbons (Fsp3) is 0.167. The summed E-state index contributed by atoms with van der Waals surface area (Å²) in [7, 11) is 3.77. The first-order valence-corrected chi connectivity index (χ1v) is 5.12. The summed E-state index contributed by atoms with van der Waals surface area (Å²) in [6.45, 7) is 0. The van der Waals surface area contributed by atoms with Crippen LogP contribution in [-0.2, 0) is 0 Å². The summed E-state index contributed by atoms with van der Waals surface area (Å²) in [5.41, 5.74) is 2.64. The van der Waals surface area contributed by atoms with Crippen molar-refractivity contribution in [2.75, 3.05) is 19.0 Å². The average molecular weight is 239 g/mol. The maximum Gasteiger partial charge on any atom is 0.159 e. The molecule has 0 aliphatic rings. The van der Waals surface area contributed by atoms with Crippen LogP contribution >= 0.6 is 0 Å². The van der Waals surface area contributed by atoms with Gasteiger partial charge in [-0.3, -0.25) is 0 Å². The molecular weight excluding hydrogens is 230 g/mol. The third-order valence-electron chi connectivity index (χ3n) is 2.45. The summed E-state index contributed by atoms with van der Waals surface area (Å²) in [5.74, 6) is 0. The summed E-state index contributed by atoms with van der Waals surface area (Å²) in [4.78, 5) is 1.88. The predicted molar refractivity (Wildman–Crippen MR) is 65.3 cm³/mol. The Morgan fingerprint density at radius 1 is 1.22 bits per heavy atom. The summed E-state index contributed by atoms with van der Waals surface area (Å²) in [6.07, 6.45) is 1.46. The number of hydrogen-bond donors (Lipinski definition) is 0. The van der Waals surface area contributed by atoms with E-state index in [1.54, 1.807) is 18.2 Å². The lowest BCUT2D eigenvalue weighted by molar-refractivity contribution is 0.315. The van der Waals surface area contributed by atoms with Gasteiger partial charge in [0.15, 0.2) is 5.52 Å². The first-order chi connectivity index (χ1) is 8.67. The van der Waals surface area contributed by atoms with Gasteiger partial charge in [0.05, 0.1) is 5.69 Å². The monoisotopic (exact) mass is 239 g/mol. The molecule has 0 aliphatic carbocycles. The van der Waals surface area contributed by atoms with Crippen molar-refractivity contribution < 1.29 is 4.63 Å². The Morgan fingerprint density at radius 2 is 1.89 bits per heavy atom. The Morgan fingerprint density at radius 3 is 2.50 bits per heavy atom. The SMILES string of the molecule is CN(C)c1ccc(C=C(C#N)C#N)c2nonc12. The molecule has 1 heterocycles. The third kappa shape index (κ3) is 1.87. The normalized spacial score (nSPS) is 9.56. The van der Waals surface area contributed by atoms with E-state index in [4.69, 9.17) is 15.2 Å². The topological polar surface area (TPSA) is 89.7 Å². The van der Waals surface area contributed by atoms with Crippen LogP contribution in [0.1, 0.15) is 5.56 Å². The van der Waals surface area contributed by atoms with Crippen molar-refractivity contribution in [3.63, 3.8) is 0 Å². The molecule has 0 atom stereocenters. The van der Waals surface area contributed by atoms with Crippen molar-refractivity contribution in [3.05, 3.63) is 23.3 Å². The molecule has 0 saturated heterocycles. The summed E-state index contributed by atoms with van der Waals surface area (Å²) in [5, 5.41) is 25.1. The first-order valence-electron chi connectivity index (χ1n) is 5.12. The molecular formula is C12H9N5O.